The summed E-state index contributed by atoms with van der Waals surface area (Å²) in [7, 11) is 0. The number of hydrogen-bond donors (Lipinski definition) is 0. The van der Waals surface area contributed by atoms with Gasteiger partial charge in [0.2, 0.25) is 5.91 Å². The summed E-state index contributed by atoms with van der Waals surface area (Å²) < 4.78 is 0. The van der Waals surface area contributed by atoms with E-state index < -0.39 is 0 Å². The van der Waals surface area contributed by atoms with Gasteiger partial charge in [0, 0.05) is 24.0 Å². The van der Waals surface area contributed by atoms with Gasteiger partial charge < -0.3 is 4.90 Å². The standard InChI is InChI=1S/C16H22BrNO/c1-16(2,3)13(10-17)11-18-14-7-5-4-6-12(14)8-9-15(18)19/h4-7,13H,8-11H2,1-3H3. The fraction of sp³-hybridized carbons (Fsp3) is 0.562. The van der Waals surface area contributed by atoms with Gasteiger partial charge in [-0.3, -0.25) is 4.79 Å². The lowest BCUT2D eigenvalue weighted by atomic mass is 9.81. The van der Waals surface area contributed by atoms with Gasteiger partial charge in [-0.15, -0.1) is 0 Å². The summed E-state index contributed by atoms with van der Waals surface area (Å²) in [6, 6.07) is 8.28. The van der Waals surface area contributed by atoms with Crippen LogP contribution in [0.5, 0.6) is 0 Å². The molecule has 1 aliphatic rings. The quantitative estimate of drug-likeness (QED) is 0.769. The van der Waals surface area contributed by atoms with Crippen molar-refractivity contribution in [2.75, 3.05) is 16.8 Å². The van der Waals surface area contributed by atoms with Crippen molar-refractivity contribution in [3.05, 3.63) is 29.8 Å². The molecule has 0 saturated heterocycles. The Hall–Kier alpha value is -0.830. The predicted molar refractivity (Wildman–Crippen MR) is 83.9 cm³/mol. The number of para-hydroxylation sites is 1. The summed E-state index contributed by atoms with van der Waals surface area (Å²) in [5.74, 6) is 0.705. The largest absolute Gasteiger partial charge is 0.312 e. The normalized spacial score (nSPS) is 17.3. The molecule has 0 spiro atoms. The predicted octanol–water partition coefficient (Wildman–Crippen LogP) is 4.02. The van der Waals surface area contributed by atoms with Crippen LogP contribution in [0.2, 0.25) is 0 Å². The van der Waals surface area contributed by atoms with Crippen LogP contribution in [0.4, 0.5) is 5.69 Å². The Bertz CT molecular complexity index is 464. The Morgan fingerprint density at radius 3 is 2.58 bits per heavy atom. The van der Waals surface area contributed by atoms with Crippen LogP contribution in [0.25, 0.3) is 0 Å². The van der Waals surface area contributed by atoms with Gasteiger partial charge in [-0.25, -0.2) is 0 Å². The highest BCUT2D eigenvalue weighted by Crippen LogP contribution is 2.33. The van der Waals surface area contributed by atoms with E-state index in [9.17, 15) is 4.79 Å². The van der Waals surface area contributed by atoms with E-state index in [2.05, 4.69) is 54.9 Å². The van der Waals surface area contributed by atoms with Gasteiger partial charge in [-0.1, -0.05) is 54.9 Å². The second-order valence-corrected chi connectivity index (χ2v) is 7.00. The van der Waals surface area contributed by atoms with Crippen LogP contribution in [0.1, 0.15) is 32.8 Å². The Morgan fingerprint density at radius 1 is 1.26 bits per heavy atom. The van der Waals surface area contributed by atoms with Crippen molar-refractivity contribution < 1.29 is 4.79 Å². The molecular weight excluding hydrogens is 302 g/mol. The number of hydrogen-bond acceptors (Lipinski definition) is 1. The first-order valence-electron chi connectivity index (χ1n) is 6.87. The zero-order valence-electron chi connectivity index (χ0n) is 11.9. The number of carbonyl (C=O) groups is 1. The van der Waals surface area contributed by atoms with Gasteiger partial charge in [0.25, 0.3) is 0 Å². The molecule has 0 aliphatic carbocycles. The Morgan fingerprint density at radius 2 is 1.95 bits per heavy atom. The number of anilines is 1. The molecule has 1 unspecified atom stereocenters. The Balaban J connectivity index is 2.26. The minimum Gasteiger partial charge on any atom is -0.312 e. The van der Waals surface area contributed by atoms with Gasteiger partial charge in [-0.05, 0) is 29.4 Å². The van der Waals surface area contributed by atoms with Crippen molar-refractivity contribution >= 4 is 27.5 Å². The third-order valence-corrected chi connectivity index (χ3v) is 4.79. The summed E-state index contributed by atoms with van der Waals surface area (Å²) in [6.07, 6.45) is 1.51. The minimum absolute atomic E-state index is 0.191. The third-order valence-electron chi connectivity index (χ3n) is 4.01. The van der Waals surface area contributed by atoms with Gasteiger partial charge >= 0.3 is 0 Å². The maximum Gasteiger partial charge on any atom is 0.227 e. The molecule has 1 heterocycles. The molecule has 2 rings (SSSR count). The first kappa shape index (κ1) is 14.6. The van der Waals surface area contributed by atoms with E-state index in [0.29, 0.717) is 12.3 Å². The smallest absolute Gasteiger partial charge is 0.227 e. The molecular formula is C16H22BrNO. The van der Waals surface area contributed by atoms with Crippen molar-refractivity contribution in [3.8, 4) is 0 Å². The summed E-state index contributed by atoms with van der Waals surface area (Å²) in [4.78, 5) is 14.2. The molecule has 104 valence electrons. The van der Waals surface area contributed by atoms with Crippen LogP contribution in [0.3, 0.4) is 0 Å². The lowest BCUT2D eigenvalue weighted by Gasteiger charge is -2.37. The lowest BCUT2D eigenvalue weighted by Crippen LogP contribution is -2.42. The molecule has 1 aromatic rings. The third kappa shape index (κ3) is 3.19. The van der Waals surface area contributed by atoms with Crippen molar-refractivity contribution in [2.45, 2.75) is 33.6 Å². The van der Waals surface area contributed by atoms with Crippen molar-refractivity contribution in [2.24, 2.45) is 11.3 Å². The van der Waals surface area contributed by atoms with Crippen LogP contribution in [0, 0.1) is 11.3 Å². The SMILES string of the molecule is CC(C)(C)C(CBr)CN1C(=O)CCc2ccccc21. The molecule has 1 aliphatic heterocycles. The molecule has 0 bridgehead atoms. The molecule has 0 saturated carbocycles. The van der Waals surface area contributed by atoms with Crippen LogP contribution in [0.15, 0.2) is 24.3 Å². The lowest BCUT2D eigenvalue weighted by molar-refractivity contribution is -0.119. The highest BCUT2D eigenvalue weighted by Gasteiger charge is 2.30. The first-order chi connectivity index (χ1) is 8.93. The molecule has 19 heavy (non-hydrogen) atoms. The summed E-state index contributed by atoms with van der Waals surface area (Å²) >= 11 is 3.60. The van der Waals surface area contributed by atoms with Crippen LogP contribution < -0.4 is 4.90 Å². The highest BCUT2D eigenvalue weighted by molar-refractivity contribution is 9.09. The van der Waals surface area contributed by atoms with E-state index in [1.54, 1.807) is 0 Å². The van der Waals surface area contributed by atoms with E-state index >= 15 is 0 Å². The zero-order valence-corrected chi connectivity index (χ0v) is 13.5. The summed E-state index contributed by atoms with van der Waals surface area (Å²) in [6.45, 7) is 7.50. The van der Waals surface area contributed by atoms with E-state index in [1.165, 1.54) is 5.56 Å². The number of rotatable bonds is 3. The molecule has 0 aromatic heterocycles. The number of nitrogens with zero attached hydrogens (tertiary/aromatic N) is 1. The molecule has 1 aromatic carbocycles. The second kappa shape index (κ2) is 5.66. The zero-order chi connectivity index (χ0) is 14.0. The first-order valence-corrected chi connectivity index (χ1v) is 8.00. The maximum absolute atomic E-state index is 12.2. The number of alkyl halides is 1. The molecule has 0 radical (unpaired) electrons. The van der Waals surface area contributed by atoms with Gasteiger partial charge in [0.15, 0.2) is 0 Å². The molecule has 1 amide bonds. The van der Waals surface area contributed by atoms with Crippen molar-refractivity contribution in [1.82, 2.24) is 0 Å². The Kier molecular flexibility index (Phi) is 4.34. The van der Waals surface area contributed by atoms with Crippen molar-refractivity contribution in [3.63, 3.8) is 0 Å². The average molecular weight is 324 g/mol. The maximum atomic E-state index is 12.2. The number of carbonyl (C=O) groups excluding carboxylic acids is 1. The van der Waals surface area contributed by atoms with Gasteiger partial charge in [-0.2, -0.15) is 0 Å². The average Bonchev–Trinajstić information content (AvgIpc) is 2.36. The fourth-order valence-electron chi connectivity index (χ4n) is 2.47. The number of benzene rings is 1. The van der Waals surface area contributed by atoms with E-state index in [0.717, 1.165) is 24.0 Å². The van der Waals surface area contributed by atoms with E-state index in [1.807, 2.05) is 11.0 Å². The van der Waals surface area contributed by atoms with Crippen LogP contribution in [-0.2, 0) is 11.2 Å². The van der Waals surface area contributed by atoms with Gasteiger partial charge in [0.05, 0.1) is 0 Å². The van der Waals surface area contributed by atoms with E-state index in [-0.39, 0.29) is 11.3 Å². The van der Waals surface area contributed by atoms with Gasteiger partial charge in [0.1, 0.15) is 0 Å². The molecule has 0 fully saturated rings. The minimum atomic E-state index is 0.191. The van der Waals surface area contributed by atoms with E-state index in [4.69, 9.17) is 0 Å². The fourth-order valence-corrected chi connectivity index (χ4v) is 3.65. The number of amides is 1. The second-order valence-electron chi connectivity index (χ2n) is 6.35. The monoisotopic (exact) mass is 323 g/mol. The topological polar surface area (TPSA) is 20.3 Å². The molecule has 1 atom stereocenters. The van der Waals surface area contributed by atoms with Crippen molar-refractivity contribution in [1.29, 1.82) is 0 Å². The molecule has 3 heteroatoms. The van der Waals surface area contributed by atoms with Crippen LogP contribution in [-0.4, -0.2) is 17.8 Å². The summed E-state index contributed by atoms with van der Waals surface area (Å²) in [5, 5.41) is 0.919. The molecule has 2 nitrogen and oxygen atoms in total. The number of aryl methyl sites for hydroxylation is 1. The Labute approximate surface area is 124 Å². The highest BCUT2D eigenvalue weighted by atomic mass is 79.9. The van der Waals surface area contributed by atoms with Crippen LogP contribution >= 0.6 is 15.9 Å². The summed E-state index contributed by atoms with van der Waals surface area (Å²) in [5.41, 5.74) is 2.59. The molecule has 0 N–H and O–H groups in total. The number of fused-ring (bicyclic) bond motifs is 1. The number of halogens is 1.